The number of anilines is 1. The first kappa shape index (κ1) is 13.9. The Morgan fingerprint density at radius 1 is 1.50 bits per heavy atom. The maximum absolute atomic E-state index is 12.3. The van der Waals surface area contributed by atoms with Crippen LogP contribution < -0.4 is 11.2 Å². The van der Waals surface area contributed by atoms with Crippen molar-refractivity contribution in [2.24, 2.45) is 10.8 Å². The van der Waals surface area contributed by atoms with Crippen molar-refractivity contribution in [3.05, 3.63) is 24.3 Å². The second-order valence-corrected chi connectivity index (χ2v) is 4.00. The molecule has 1 rings (SSSR count). The van der Waals surface area contributed by atoms with Gasteiger partial charge in [-0.1, -0.05) is 23.9 Å². The molecule has 0 amide bonds. The number of benzene rings is 1. The van der Waals surface area contributed by atoms with E-state index in [2.05, 4.69) is 10.5 Å². The van der Waals surface area contributed by atoms with Crippen LogP contribution in [0.2, 0.25) is 0 Å². The number of hydrogen-bond donors (Lipinski definition) is 3. The second kappa shape index (κ2) is 6.56. The van der Waals surface area contributed by atoms with Crippen molar-refractivity contribution in [1.29, 1.82) is 10.7 Å². The minimum absolute atomic E-state index is 0.289. The van der Waals surface area contributed by atoms with Gasteiger partial charge in [-0.2, -0.15) is 19.1 Å². The molecule has 0 saturated heterocycles. The van der Waals surface area contributed by atoms with E-state index in [-0.39, 0.29) is 10.6 Å². The molecule has 0 aliphatic carbocycles. The number of hydrogen-bond acceptors (Lipinski definition) is 5. The maximum Gasteiger partial charge on any atom is 0.288 e. The summed E-state index contributed by atoms with van der Waals surface area (Å²) in [6.45, 7) is 0. The molecule has 0 fully saturated rings. The highest BCUT2D eigenvalue weighted by atomic mass is 32.2. The number of hydrazone groups is 1. The lowest BCUT2D eigenvalue weighted by Crippen LogP contribution is -2.21. The molecule has 8 heteroatoms. The van der Waals surface area contributed by atoms with Crippen LogP contribution in [0.3, 0.4) is 0 Å². The minimum Gasteiger partial charge on any atom is -0.382 e. The largest absolute Gasteiger partial charge is 0.382 e. The second-order valence-electron chi connectivity index (χ2n) is 2.97. The Kier molecular flexibility index (Phi) is 5.07. The van der Waals surface area contributed by atoms with E-state index < -0.39 is 11.6 Å². The van der Waals surface area contributed by atoms with Gasteiger partial charge in [0.15, 0.2) is 5.84 Å². The quantitative estimate of drug-likeness (QED) is 0.330. The number of halogens is 2. The summed E-state index contributed by atoms with van der Waals surface area (Å²) < 4.78 is 24.6. The Hall–Kier alpha value is -2.14. The number of para-hydroxylation sites is 1. The Morgan fingerprint density at radius 2 is 2.17 bits per heavy atom. The summed E-state index contributed by atoms with van der Waals surface area (Å²) in [6.07, 6.45) is 0. The van der Waals surface area contributed by atoms with Crippen LogP contribution in [0.15, 0.2) is 34.3 Å². The van der Waals surface area contributed by atoms with Crippen LogP contribution >= 0.6 is 11.8 Å². The molecule has 0 aliphatic heterocycles. The van der Waals surface area contributed by atoms with E-state index in [0.29, 0.717) is 17.4 Å². The standard InChI is InChI=1S/C10H9F2N5S/c11-10(12)18-8-4-2-1-3-6(8)16-17-7(5-13)9(14)15/h1-4,10,16H,(H3,14,15)/b17-7+. The van der Waals surface area contributed by atoms with Crippen molar-refractivity contribution in [3.63, 3.8) is 0 Å². The normalized spacial score (nSPS) is 11.1. The number of nitrogens with zero attached hydrogens (tertiary/aromatic N) is 2. The molecule has 4 N–H and O–H groups in total. The molecule has 94 valence electrons. The molecule has 0 spiro atoms. The third kappa shape index (κ3) is 4.03. The molecule has 0 aliphatic rings. The van der Waals surface area contributed by atoms with Gasteiger partial charge in [0.25, 0.3) is 5.76 Å². The topological polar surface area (TPSA) is 98.0 Å². The van der Waals surface area contributed by atoms with Crippen LogP contribution in [-0.2, 0) is 0 Å². The van der Waals surface area contributed by atoms with Gasteiger partial charge < -0.3 is 5.73 Å². The van der Waals surface area contributed by atoms with E-state index in [4.69, 9.17) is 16.4 Å². The first-order valence-corrected chi connectivity index (χ1v) is 5.54. The average molecular weight is 269 g/mol. The molecule has 0 atom stereocenters. The first-order valence-electron chi connectivity index (χ1n) is 4.66. The number of alkyl halides is 2. The monoisotopic (exact) mass is 269 g/mol. The third-order valence-corrected chi connectivity index (χ3v) is 2.54. The highest BCUT2D eigenvalue weighted by molar-refractivity contribution is 7.99. The van der Waals surface area contributed by atoms with E-state index in [0.717, 1.165) is 0 Å². The van der Waals surface area contributed by atoms with Crippen molar-refractivity contribution in [2.45, 2.75) is 10.7 Å². The lowest BCUT2D eigenvalue weighted by Gasteiger charge is -2.07. The zero-order valence-corrected chi connectivity index (χ0v) is 9.84. The number of nitriles is 1. The van der Waals surface area contributed by atoms with Crippen LogP contribution in [0.4, 0.5) is 14.5 Å². The zero-order chi connectivity index (χ0) is 13.5. The van der Waals surface area contributed by atoms with Gasteiger partial charge in [-0.3, -0.25) is 10.8 Å². The smallest absolute Gasteiger partial charge is 0.288 e. The summed E-state index contributed by atoms with van der Waals surface area (Å²) in [4.78, 5) is 0.289. The maximum atomic E-state index is 12.3. The van der Waals surface area contributed by atoms with Crippen LogP contribution in [0.5, 0.6) is 0 Å². The van der Waals surface area contributed by atoms with E-state index >= 15 is 0 Å². The Bertz CT molecular complexity index is 509. The summed E-state index contributed by atoms with van der Waals surface area (Å²) in [5, 5.41) is 19.2. The van der Waals surface area contributed by atoms with E-state index in [1.807, 2.05) is 0 Å². The van der Waals surface area contributed by atoms with Crippen molar-refractivity contribution in [1.82, 2.24) is 0 Å². The van der Waals surface area contributed by atoms with Crippen LogP contribution in [-0.4, -0.2) is 17.3 Å². The lowest BCUT2D eigenvalue weighted by molar-refractivity contribution is 0.252. The minimum atomic E-state index is -2.56. The molecular weight excluding hydrogens is 260 g/mol. The van der Waals surface area contributed by atoms with Crippen molar-refractivity contribution in [2.75, 3.05) is 5.43 Å². The van der Waals surface area contributed by atoms with Crippen molar-refractivity contribution in [3.8, 4) is 6.07 Å². The molecule has 1 aromatic carbocycles. The summed E-state index contributed by atoms with van der Waals surface area (Å²) in [6, 6.07) is 7.88. The summed E-state index contributed by atoms with van der Waals surface area (Å²) in [5.41, 5.74) is 7.54. The van der Waals surface area contributed by atoms with Gasteiger partial charge in [-0.15, -0.1) is 0 Å². The summed E-state index contributed by atoms with van der Waals surface area (Å²) in [7, 11) is 0. The van der Waals surface area contributed by atoms with Gasteiger partial charge >= 0.3 is 0 Å². The number of nitrogens with one attached hydrogen (secondary N) is 2. The van der Waals surface area contributed by atoms with Gasteiger partial charge in [-0.25, -0.2) is 0 Å². The number of nitrogens with two attached hydrogens (primary N) is 1. The summed E-state index contributed by atoms with van der Waals surface area (Å²) >= 11 is 0.360. The third-order valence-electron chi connectivity index (χ3n) is 1.75. The molecular formula is C10H9F2N5S. The van der Waals surface area contributed by atoms with Crippen molar-refractivity contribution >= 4 is 29.0 Å². The van der Waals surface area contributed by atoms with Crippen LogP contribution in [0.1, 0.15) is 0 Å². The predicted octanol–water partition coefficient (Wildman–Crippen LogP) is 2.23. The molecule has 0 unspecified atom stereocenters. The number of rotatable bonds is 5. The van der Waals surface area contributed by atoms with Gasteiger partial charge in [-0.05, 0) is 12.1 Å². The molecule has 5 nitrogen and oxygen atoms in total. The Balaban J connectivity index is 2.91. The molecule has 0 bridgehead atoms. The number of thioether (sulfide) groups is 1. The lowest BCUT2D eigenvalue weighted by atomic mass is 10.3. The average Bonchev–Trinajstić information content (AvgIpc) is 2.30. The fraction of sp³-hybridized carbons (Fsp3) is 0.100. The van der Waals surface area contributed by atoms with Gasteiger partial charge in [0.1, 0.15) is 6.07 Å². The van der Waals surface area contributed by atoms with Gasteiger partial charge in [0.05, 0.1) is 5.69 Å². The van der Waals surface area contributed by atoms with Gasteiger partial charge in [0.2, 0.25) is 5.71 Å². The van der Waals surface area contributed by atoms with E-state index in [9.17, 15) is 8.78 Å². The Labute approximate surface area is 106 Å². The van der Waals surface area contributed by atoms with Crippen LogP contribution in [0.25, 0.3) is 0 Å². The molecule has 1 aromatic rings. The molecule has 0 aromatic heterocycles. The van der Waals surface area contributed by atoms with Crippen LogP contribution in [0, 0.1) is 16.7 Å². The highest BCUT2D eigenvalue weighted by Crippen LogP contribution is 2.31. The summed E-state index contributed by atoms with van der Waals surface area (Å²) in [5.74, 6) is -3.05. The highest BCUT2D eigenvalue weighted by Gasteiger charge is 2.09. The predicted molar refractivity (Wildman–Crippen MR) is 66.9 cm³/mol. The van der Waals surface area contributed by atoms with E-state index in [1.165, 1.54) is 12.1 Å². The van der Waals surface area contributed by atoms with Crippen molar-refractivity contribution < 1.29 is 8.78 Å². The molecule has 0 radical (unpaired) electrons. The fourth-order valence-corrected chi connectivity index (χ4v) is 1.61. The van der Waals surface area contributed by atoms with Gasteiger partial charge in [0, 0.05) is 4.90 Å². The SMILES string of the molecule is N#C/C(=N\Nc1ccccc1SC(F)F)C(=N)N. The molecule has 18 heavy (non-hydrogen) atoms. The Morgan fingerprint density at radius 3 is 2.72 bits per heavy atom. The first-order chi connectivity index (χ1) is 8.54. The zero-order valence-electron chi connectivity index (χ0n) is 9.02. The molecule has 0 saturated carbocycles. The number of amidine groups is 1. The fourth-order valence-electron chi connectivity index (χ4n) is 1.02. The molecule has 0 heterocycles. The van der Waals surface area contributed by atoms with E-state index in [1.54, 1.807) is 18.2 Å².